The summed E-state index contributed by atoms with van der Waals surface area (Å²) in [6.07, 6.45) is 5.29. The number of ether oxygens (including phenoxy) is 1. The molecule has 1 saturated carbocycles. The van der Waals surface area contributed by atoms with Gasteiger partial charge >= 0.3 is 0 Å². The summed E-state index contributed by atoms with van der Waals surface area (Å²) >= 11 is 6.04. The fraction of sp³-hybridized carbons (Fsp3) is 0.316. The van der Waals surface area contributed by atoms with Crippen molar-refractivity contribution in [2.45, 2.75) is 18.9 Å². The summed E-state index contributed by atoms with van der Waals surface area (Å²) in [5.74, 6) is 0.740. The van der Waals surface area contributed by atoms with Crippen molar-refractivity contribution in [3.8, 4) is 5.75 Å². The number of likely N-dealkylation sites (tertiary alicyclic amines) is 1. The summed E-state index contributed by atoms with van der Waals surface area (Å²) in [5.41, 5.74) is 1.27. The zero-order chi connectivity index (χ0) is 17.4. The summed E-state index contributed by atoms with van der Waals surface area (Å²) in [6.45, 7) is 8.56. The summed E-state index contributed by atoms with van der Waals surface area (Å²) < 4.78 is 5.94. The van der Waals surface area contributed by atoms with Crippen LogP contribution in [0.2, 0.25) is 5.02 Å². The van der Waals surface area contributed by atoms with Crippen LogP contribution in [0.1, 0.15) is 23.2 Å². The molecule has 2 fully saturated rings. The molecular weight excluding hydrogens is 338 g/mol. The molecule has 5 nitrogen and oxygen atoms in total. The molecule has 0 bridgehead atoms. The topological polar surface area (TPSA) is 46.8 Å². The number of rotatable bonds is 3. The lowest BCUT2D eigenvalue weighted by molar-refractivity contribution is -0.103. The van der Waals surface area contributed by atoms with E-state index in [1.165, 1.54) is 0 Å². The average Bonchev–Trinajstić information content (AvgIpc) is 2.56. The van der Waals surface area contributed by atoms with E-state index in [0.717, 1.165) is 25.9 Å². The van der Waals surface area contributed by atoms with Crippen LogP contribution in [0.15, 0.2) is 42.7 Å². The van der Waals surface area contributed by atoms with E-state index in [4.69, 9.17) is 22.9 Å². The van der Waals surface area contributed by atoms with E-state index in [-0.39, 0.29) is 17.4 Å². The van der Waals surface area contributed by atoms with Crippen LogP contribution in [0, 0.1) is 12.0 Å². The van der Waals surface area contributed by atoms with Crippen molar-refractivity contribution in [1.82, 2.24) is 9.88 Å². The number of carbonyl (C=O) groups excluding carboxylic acids is 1. The number of benzene rings is 1. The van der Waals surface area contributed by atoms with Gasteiger partial charge in [0.2, 0.25) is 5.69 Å². The van der Waals surface area contributed by atoms with Crippen molar-refractivity contribution in [2.75, 3.05) is 13.1 Å². The molecule has 1 aliphatic heterocycles. The summed E-state index contributed by atoms with van der Waals surface area (Å²) in [4.78, 5) is 21.5. The molecule has 1 aromatic carbocycles. The molecular formula is C19H16ClN3O2. The minimum absolute atomic E-state index is 0.0459. The number of aromatic nitrogens is 1. The normalized spacial score (nSPS) is 18.2. The van der Waals surface area contributed by atoms with Crippen molar-refractivity contribution in [3.05, 3.63) is 64.7 Å². The fourth-order valence-corrected chi connectivity index (χ4v) is 3.88. The maximum Gasteiger partial charge on any atom is 0.255 e. The van der Waals surface area contributed by atoms with E-state index in [0.29, 0.717) is 22.0 Å². The Bertz CT molecular complexity index is 849. The second-order valence-electron chi connectivity index (χ2n) is 6.78. The predicted molar refractivity (Wildman–Crippen MR) is 93.9 cm³/mol. The molecule has 2 aromatic rings. The van der Waals surface area contributed by atoms with Gasteiger partial charge in [-0.2, -0.15) is 0 Å². The molecule has 0 unspecified atom stereocenters. The Labute approximate surface area is 151 Å². The van der Waals surface area contributed by atoms with Gasteiger partial charge in [0.05, 0.1) is 17.2 Å². The van der Waals surface area contributed by atoms with Gasteiger partial charge in [-0.3, -0.25) is 9.78 Å². The van der Waals surface area contributed by atoms with E-state index in [2.05, 4.69) is 9.83 Å². The van der Waals surface area contributed by atoms with E-state index >= 15 is 0 Å². The third-order valence-corrected chi connectivity index (χ3v) is 5.21. The first kappa shape index (κ1) is 15.9. The van der Waals surface area contributed by atoms with Gasteiger partial charge in [0, 0.05) is 30.9 Å². The number of carbonyl (C=O) groups is 1. The highest BCUT2D eigenvalue weighted by Crippen LogP contribution is 2.50. The molecule has 0 atom stereocenters. The Morgan fingerprint density at radius 1 is 1.36 bits per heavy atom. The SMILES string of the molecule is [C-]#[N+]c1ccc(OC2CC3(C2)CN(C(=O)c2cccnc2)C3)cc1Cl. The highest BCUT2D eigenvalue weighted by Gasteiger charge is 2.54. The Hall–Kier alpha value is -2.58. The van der Waals surface area contributed by atoms with E-state index < -0.39 is 0 Å². The monoisotopic (exact) mass is 353 g/mol. The van der Waals surface area contributed by atoms with Crippen LogP contribution in [-0.2, 0) is 0 Å². The summed E-state index contributed by atoms with van der Waals surface area (Å²) in [5, 5.41) is 0.415. The highest BCUT2D eigenvalue weighted by molar-refractivity contribution is 6.33. The second kappa shape index (κ2) is 6.05. The Balaban J connectivity index is 1.30. The van der Waals surface area contributed by atoms with Gasteiger partial charge in [-0.05, 0) is 37.1 Å². The van der Waals surface area contributed by atoms with Crippen molar-refractivity contribution in [3.63, 3.8) is 0 Å². The van der Waals surface area contributed by atoms with Crippen LogP contribution >= 0.6 is 11.6 Å². The fourth-order valence-electron chi connectivity index (χ4n) is 3.67. The van der Waals surface area contributed by atoms with Crippen molar-refractivity contribution >= 4 is 23.2 Å². The largest absolute Gasteiger partial charge is 0.490 e. The van der Waals surface area contributed by atoms with Gasteiger partial charge in [-0.1, -0.05) is 17.7 Å². The first-order valence-electron chi connectivity index (χ1n) is 8.12. The molecule has 2 aliphatic rings. The predicted octanol–water partition coefficient (Wildman–Crippen LogP) is 3.97. The molecule has 25 heavy (non-hydrogen) atoms. The molecule has 0 radical (unpaired) electrons. The quantitative estimate of drug-likeness (QED) is 0.784. The van der Waals surface area contributed by atoms with Crippen molar-refractivity contribution in [1.29, 1.82) is 0 Å². The van der Waals surface area contributed by atoms with Crippen LogP contribution < -0.4 is 4.74 Å². The maximum atomic E-state index is 12.3. The van der Waals surface area contributed by atoms with Gasteiger partial charge in [-0.25, -0.2) is 4.85 Å². The Kier molecular flexibility index (Phi) is 3.85. The molecule has 0 N–H and O–H groups in total. The number of hydrogen-bond donors (Lipinski definition) is 0. The van der Waals surface area contributed by atoms with Gasteiger partial charge in [0.15, 0.2) is 0 Å². The third kappa shape index (κ3) is 2.94. The molecule has 1 saturated heterocycles. The highest BCUT2D eigenvalue weighted by atomic mass is 35.5. The van der Waals surface area contributed by atoms with Gasteiger partial charge in [-0.15, -0.1) is 0 Å². The zero-order valence-corrected chi connectivity index (χ0v) is 14.2. The molecule has 1 spiro atoms. The molecule has 1 amide bonds. The van der Waals surface area contributed by atoms with Crippen LogP contribution in [0.25, 0.3) is 4.85 Å². The smallest absolute Gasteiger partial charge is 0.255 e. The average molecular weight is 354 g/mol. The molecule has 2 heterocycles. The van der Waals surface area contributed by atoms with Crippen LogP contribution in [-0.4, -0.2) is 35.0 Å². The van der Waals surface area contributed by atoms with Gasteiger partial charge in [0.25, 0.3) is 5.91 Å². The molecule has 6 heteroatoms. The maximum absolute atomic E-state index is 12.3. The second-order valence-corrected chi connectivity index (χ2v) is 7.18. The first-order valence-corrected chi connectivity index (χ1v) is 8.49. The summed E-state index contributed by atoms with van der Waals surface area (Å²) in [6, 6.07) is 8.73. The van der Waals surface area contributed by atoms with Crippen molar-refractivity contribution in [2.24, 2.45) is 5.41 Å². The number of hydrogen-bond acceptors (Lipinski definition) is 3. The zero-order valence-electron chi connectivity index (χ0n) is 13.5. The lowest BCUT2D eigenvalue weighted by atomic mass is 9.61. The number of nitrogens with zero attached hydrogens (tertiary/aromatic N) is 3. The van der Waals surface area contributed by atoms with Crippen LogP contribution in [0.3, 0.4) is 0 Å². The molecule has 126 valence electrons. The number of halogens is 1. The van der Waals surface area contributed by atoms with Gasteiger partial charge < -0.3 is 9.64 Å². The van der Waals surface area contributed by atoms with Crippen LogP contribution in [0.4, 0.5) is 5.69 Å². The number of amides is 1. The molecule has 1 aromatic heterocycles. The van der Waals surface area contributed by atoms with Crippen LogP contribution in [0.5, 0.6) is 5.75 Å². The minimum atomic E-state index is 0.0459. The Morgan fingerprint density at radius 2 is 2.16 bits per heavy atom. The lowest BCUT2D eigenvalue weighted by Crippen LogP contribution is -2.65. The van der Waals surface area contributed by atoms with E-state index in [1.54, 1.807) is 42.7 Å². The lowest BCUT2D eigenvalue weighted by Gasteiger charge is -2.58. The van der Waals surface area contributed by atoms with Gasteiger partial charge in [0.1, 0.15) is 11.9 Å². The molecule has 1 aliphatic carbocycles. The van der Waals surface area contributed by atoms with Crippen molar-refractivity contribution < 1.29 is 9.53 Å². The first-order chi connectivity index (χ1) is 12.1. The van der Waals surface area contributed by atoms with E-state index in [9.17, 15) is 4.79 Å². The molecule has 4 rings (SSSR count). The Morgan fingerprint density at radius 3 is 2.80 bits per heavy atom. The minimum Gasteiger partial charge on any atom is -0.490 e. The number of pyridine rings is 1. The third-order valence-electron chi connectivity index (χ3n) is 4.91. The van der Waals surface area contributed by atoms with E-state index in [1.807, 2.05) is 4.90 Å². The summed E-state index contributed by atoms with van der Waals surface area (Å²) in [7, 11) is 0. The standard InChI is InChI=1S/C19H16ClN3O2/c1-21-17-5-4-14(7-16(17)20)25-15-8-19(9-15)11-23(12-19)18(24)13-3-2-6-22-10-13/h2-7,10,15H,8-9,11-12H2.